The maximum Gasteiger partial charge on any atom is 0.323 e. The molecule has 2 saturated carbocycles. The summed E-state index contributed by atoms with van der Waals surface area (Å²) in [6, 6.07) is 6.46. The molecule has 14 heteroatoms. The van der Waals surface area contributed by atoms with Crippen LogP contribution in [0.25, 0.3) is 0 Å². The van der Waals surface area contributed by atoms with E-state index in [-0.39, 0.29) is 63.0 Å². The number of nitrogens with zero attached hydrogens (tertiary/aromatic N) is 1. The topological polar surface area (TPSA) is 153 Å². The van der Waals surface area contributed by atoms with E-state index in [2.05, 4.69) is 19.2 Å². The van der Waals surface area contributed by atoms with Crippen LogP contribution in [0.1, 0.15) is 184 Å². The van der Waals surface area contributed by atoms with E-state index in [1.165, 1.54) is 51.4 Å². The van der Waals surface area contributed by atoms with Crippen LogP contribution in [0.3, 0.4) is 0 Å². The lowest BCUT2D eigenvalue weighted by Crippen LogP contribution is -2.47. The van der Waals surface area contributed by atoms with Crippen molar-refractivity contribution in [3.05, 3.63) is 69.8 Å². The third kappa shape index (κ3) is 16.1. The highest BCUT2D eigenvalue weighted by Crippen LogP contribution is 2.40. The Morgan fingerprint density at radius 1 is 0.585 bits per heavy atom. The number of hydrogen-bond acceptors (Lipinski definition) is 7. The van der Waals surface area contributed by atoms with Crippen molar-refractivity contribution in [1.29, 1.82) is 0 Å². The molecule has 0 bridgehead atoms. The number of rotatable bonds is 27. The summed E-state index contributed by atoms with van der Waals surface area (Å²) >= 11 is 0. The number of halogens is 4. The van der Waals surface area contributed by atoms with E-state index in [1.807, 2.05) is 11.9 Å². The quantitative estimate of drug-likeness (QED) is 0.0295. The van der Waals surface area contributed by atoms with Gasteiger partial charge in [-0.3, -0.25) is 24.1 Å². The average molecular weight is 921 g/mol. The number of ether oxygens (including phenoxy) is 1. The normalized spacial score (nSPS) is 18.5. The summed E-state index contributed by atoms with van der Waals surface area (Å²) in [4.78, 5) is 48.8. The molecule has 2 aromatic carbocycles. The Balaban J connectivity index is 0.000000347. The van der Waals surface area contributed by atoms with Crippen molar-refractivity contribution in [2.45, 2.75) is 200 Å². The molecule has 0 aliphatic heterocycles. The van der Waals surface area contributed by atoms with Gasteiger partial charge in [0.25, 0.3) is 0 Å². The Morgan fingerprint density at radius 3 is 1.42 bits per heavy atom. The van der Waals surface area contributed by atoms with Crippen molar-refractivity contribution < 1.29 is 56.8 Å². The van der Waals surface area contributed by atoms with Gasteiger partial charge in [-0.05, 0) is 102 Å². The van der Waals surface area contributed by atoms with E-state index in [0.717, 1.165) is 38.5 Å². The summed E-state index contributed by atoms with van der Waals surface area (Å²) < 4.78 is 63.4. The maximum atomic E-state index is 14.8. The van der Waals surface area contributed by atoms with Crippen LogP contribution in [0, 0.1) is 34.1 Å². The first-order valence-corrected chi connectivity index (χ1v) is 24.3. The van der Waals surface area contributed by atoms with Crippen molar-refractivity contribution in [3.8, 4) is 0 Å². The molecule has 0 atom stereocenters. The van der Waals surface area contributed by atoms with Gasteiger partial charge in [0.15, 0.2) is 34.1 Å². The van der Waals surface area contributed by atoms with Gasteiger partial charge in [-0.1, -0.05) is 115 Å². The number of aliphatic carboxylic acids is 3. The van der Waals surface area contributed by atoms with E-state index in [9.17, 15) is 52.1 Å². The van der Waals surface area contributed by atoms with Crippen LogP contribution >= 0.6 is 0 Å². The Labute approximate surface area is 384 Å². The van der Waals surface area contributed by atoms with Gasteiger partial charge in [-0.15, -0.1) is 0 Å². The third-order valence-electron chi connectivity index (χ3n) is 13.8. The standard InChI is InChI=1S/C27H41F2NO4.C24H35F2NO4/c1-4-6-7-8-9-10-11-12-20-13-14-21(24(29)23(20)28)19-30(3)22-15-17-27(18-16-22,25(31)32)26(33)34-5-2;1-2-3-4-5-6-7-8-9-17-10-11-18(21(26)20(17)25)16-27-19-12-14-24(15-13-19,22(28)29)23(30)31/h13-14,22H,4-12,15-19H2,1-3H3,(H,31,32);10-11,19,27H,2-9,12-16H2,1H3,(H,28,29)(H,30,31). The van der Waals surface area contributed by atoms with E-state index in [1.54, 1.807) is 31.2 Å². The molecule has 65 heavy (non-hydrogen) atoms. The average Bonchev–Trinajstić information content (AvgIpc) is 3.29. The first-order chi connectivity index (χ1) is 31.1. The minimum atomic E-state index is -1.74. The molecular formula is C51H76F4N2O8. The fourth-order valence-corrected chi connectivity index (χ4v) is 9.25. The van der Waals surface area contributed by atoms with Crippen LogP contribution in [-0.2, 0) is 49.8 Å². The highest BCUT2D eigenvalue weighted by Gasteiger charge is 2.51. The maximum absolute atomic E-state index is 14.8. The number of carboxylic acid groups (broad SMARTS) is 3. The van der Waals surface area contributed by atoms with Gasteiger partial charge < -0.3 is 25.4 Å². The summed E-state index contributed by atoms with van der Waals surface area (Å²) in [5.74, 6) is -7.66. The number of nitrogens with one attached hydrogen (secondary N) is 1. The fourth-order valence-electron chi connectivity index (χ4n) is 9.25. The molecule has 2 aromatic rings. The molecule has 4 rings (SSSR count). The highest BCUT2D eigenvalue weighted by molar-refractivity contribution is 5.99. The Hall–Kier alpha value is -4.04. The Kier molecular flexibility index (Phi) is 24.0. The number of esters is 1. The summed E-state index contributed by atoms with van der Waals surface area (Å²) in [7, 11) is 1.83. The summed E-state index contributed by atoms with van der Waals surface area (Å²) in [5.41, 5.74) is -1.90. The van der Waals surface area contributed by atoms with E-state index in [4.69, 9.17) is 4.74 Å². The van der Waals surface area contributed by atoms with Crippen LogP contribution in [-0.4, -0.2) is 69.8 Å². The summed E-state index contributed by atoms with van der Waals surface area (Å²) in [6.07, 6.45) is 18.9. The second-order valence-electron chi connectivity index (χ2n) is 18.4. The number of unbranched alkanes of at least 4 members (excludes halogenated alkanes) is 12. The van der Waals surface area contributed by atoms with Gasteiger partial charge in [-0.25, -0.2) is 17.6 Å². The molecule has 0 unspecified atom stereocenters. The molecule has 2 aliphatic carbocycles. The second kappa shape index (κ2) is 28.2. The van der Waals surface area contributed by atoms with Crippen molar-refractivity contribution in [2.24, 2.45) is 10.8 Å². The monoisotopic (exact) mass is 921 g/mol. The van der Waals surface area contributed by atoms with Gasteiger partial charge in [0.05, 0.1) is 6.61 Å². The second-order valence-corrected chi connectivity index (χ2v) is 18.4. The zero-order chi connectivity index (χ0) is 48.0. The van der Waals surface area contributed by atoms with Crippen molar-refractivity contribution in [2.75, 3.05) is 13.7 Å². The molecule has 0 radical (unpaired) electrons. The molecule has 366 valence electrons. The molecular weight excluding hydrogens is 845 g/mol. The predicted molar refractivity (Wildman–Crippen MR) is 243 cm³/mol. The fraction of sp³-hybridized carbons (Fsp3) is 0.686. The van der Waals surface area contributed by atoms with Gasteiger partial charge >= 0.3 is 23.9 Å². The molecule has 10 nitrogen and oxygen atoms in total. The molecule has 2 aliphatic rings. The zero-order valence-electron chi connectivity index (χ0n) is 39.4. The predicted octanol–water partition coefficient (Wildman–Crippen LogP) is 11.7. The number of hydrogen-bond donors (Lipinski definition) is 4. The molecule has 2 fully saturated rings. The molecule has 0 spiro atoms. The van der Waals surface area contributed by atoms with Gasteiger partial charge in [0.1, 0.15) is 0 Å². The van der Waals surface area contributed by atoms with E-state index in [0.29, 0.717) is 55.2 Å². The summed E-state index contributed by atoms with van der Waals surface area (Å²) in [6.45, 7) is 6.50. The van der Waals surface area contributed by atoms with Crippen molar-refractivity contribution in [1.82, 2.24) is 10.2 Å². The lowest BCUT2D eigenvalue weighted by molar-refractivity contribution is -0.172. The van der Waals surface area contributed by atoms with Gasteiger partial charge in [0, 0.05) is 36.3 Å². The number of benzene rings is 2. The Morgan fingerprint density at radius 2 is 0.969 bits per heavy atom. The lowest BCUT2D eigenvalue weighted by Gasteiger charge is -2.38. The SMILES string of the molecule is CCCCCCCCCc1ccc(CN(C)C2CCC(C(=O)O)(C(=O)OCC)CC2)c(F)c1F.CCCCCCCCCc1ccc(CNC2CCC(C(=O)O)(C(=O)O)CC2)c(F)c1F. The van der Waals surface area contributed by atoms with Crippen LogP contribution in [0.2, 0.25) is 0 Å². The number of carbonyl (C=O) groups is 4. The molecule has 0 aromatic heterocycles. The smallest absolute Gasteiger partial charge is 0.323 e. The third-order valence-corrected chi connectivity index (χ3v) is 13.8. The number of carboxylic acids is 3. The van der Waals surface area contributed by atoms with E-state index >= 15 is 0 Å². The van der Waals surface area contributed by atoms with Crippen LogP contribution < -0.4 is 5.32 Å². The molecule has 0 heterocycles. The minimum Gasteiger partial charge on any atom is -0.480 e. The molecule has 0 saturated heterocycles. The van der Waals surface area contributed by atoms with Crippen LogP contribution in [0.4, 0.5) is 17.6 Å². The van der Waals surface area contributed by atoms with Crippen molar-refractivity contribution >= 4 is 23.9 Å². The molecule has 4 N–H and O–H groups in total. The van der Waals surface area contributed by atoms with Gasteiger partial charge in [0.2, 0.25) is 0 Å². The Bertz CT molecular complexity index is 1790. The van der Waals surface area contributed by atoms with Crippen molar-refractivity contribution in [3.63, 3.8) is 0 Å². The lowest BCUT2D eigenvalue weighted by atomic mass is 9.72. The van der Waals surface area contributed by atoms with Crippen LogP contribution in [0.15, 0.2) is 24.3 Å². The van der Waals surface area contributed by atoms with E-state index < -0.39 is 58.0 Å². The minimum absolute atomic E-state index is 0.0169. The summed E-state index contributed by atoms with van der Waals surface area (Å²) in [5, 5.41) is 31.3. The largest absolute Gasteiger partial charge is 0.480 e. The highest BCUT2D eigenvalue weighted by atomic mass is 19.2. The number of aryl methyl sites for hydroxylation is 2. The van der Waals surface area contributed by atoms with Gasteiger partial charge in [-0.2, -0.15) is 0 Å². The first-order valence-electron chi connectivity index (χ1n) is 24.3. The van der Waals surface area contributed by atoms with Crippen LogP contribution in [0.5, 0.6) is 0 Å². The number of carbonyl (C=O) groups excluding carboxylic acids is 1. The molecule has 0 amide bonds. The first kappa shape index (κ1) is 55.3. The zero-order valence-corrected chi connectivity index (χ0v) is 39.4.